The van der Waals surface area contributed by atoms with Crippen LogP contribution in [0.2, 0.25) is 0 Å². The molecule has 0 aliphatic heterocycles. The van der Waals surface area contributed by atoms with E-state index in [2.05, 4.69) is 167 Å². The van der Waals surface area contributed by atoms with Crippen molar-refractivity contribution in [1.29, 1.82) is 0 Å². The van der Waals surface area contributed by atoms with Crippen molar-refractivity contribution in [2.24, 2.45) is 0 Å². The minimum atomic E-state index is 0.622. The van der Waals surface area contributed by atoms with Crippen LogP contribution >= 0.6 is 0 Å². The molecule has 0 atom stereocenters. The number of para-hydroxylation sites is 4. The Balaban J connectivity index is 1.11. The molecule has 0 amide bonds. The van der Waals surface area contributed by atoms with Gasteiger partial charge in [0.25, 0.3) is 0 Å². The lowest BCUT2D eigenvalue weighted by molar-refractivity contribution is 0.669. The standard InChI is InChI=1S/C50H30N4O/c1-3-13-31(14-4-1)48-39-26-28-46-47(38-19-9-12-22-45(38)55-46)49(39)52-50(51-48)54-42-21-11-8-18-36(42)40-29-32(24-27-43(40)54)33-23-25-37-35-17-7-10-20-41(35)53(44(37)30-33)34-15-5-2-6-16-34/h1-30H. The van der Waals surface area contributed by atoms with E-state index in [9.17, 15) is 0 Å². The number of hydrogen-bond donors (Lipinski definition) is 0. The van der Waals surface area contributed by atoms with Gasteiger partial charge in [-0.05, 0) is 71.8 Å². The van der Waals surface area contributed by atoms with Gasteiger partial charge >= 0.3 is 0 Å². The second-order valence-electron chi connectivity index (χ2n) is 14.2. The molecule has 256 valence electrons. The summed E-state index contributed by atoms with van der Waals surface area (Å²) in [7, 11) is 0. The van der Waals surface area contributed by atoms with E-state index in [0.29, 0.717) is 5.95 Å². The van der Waals surface area contributed by atoms with Gasteiger partial charge in [0.05, 0.1) is 38.7 Å². The lowest BCUT2D eigenvalue weighted by Gasteiger charge is -2.12. The number of nitrogens with zero attached hydrogens (tertiary/aromatic N) is 4. The van der Waals surface area contributed by atoms with Gasteiger partial charge in [-0.3, -0.25) is 4.57 Å². The van der Waals surface area contributed by atoms with E-state index >= 15 is 0 Å². The number of fused-ring (bicyclic) bond motifs is 11. The fraction of sp³-hybridized carbons (Fsp3) is 0. The van der Waals surface area contributed by atoms with Crippen molar-refractivity contribution in [3.05, 3.63) is 182 Å². The van der Waals surface area contributed by atoms with Gasteiger partial charge in [0.1, 0.15) is 11.2 Å². The van der Waals surface area contributed by atoms with Gasteiger partial charge in [0.15, 0.2) is 0 Å². The molecule has 0 bridgehead atoms. The van der Waals surface area contributed by atoms with Crippen molar-refractivity contribution in [2.45, 2.75) is 0 Å². The molecule has 4 heterocycles. The molecule has 0 spiro atoms. The predicted molar refractivity (Wildman–Crippen MR) is 226 cm³/mol. The highest BCUT2D eigenvalue weighted by atomic mass is 16.3. The number of hydrogen-bond acceptors (Lipinski definition) is 3. The fourth-order valence-electron chi connectivity index (χ4n) is 8.68. The van der Waals surface area contributed by atoms with Gasteiger partial charge in [-0.25, -0.2) is 9.97 Å². The molecule has 0 fully saturated rings. The van der Waals surface area contributed by atoms with Crippen molar-refractivity contribution in [3.8, 4) is 34.0 Å². The molecule has 0 aliphatic rings. The maximum Gasteiger partial charge on any atom is 0.235 e. The first-order chi connectivity index (χ1) is 27.3. The van der Waals surface area contributed by atoms with Crippen LogP contribution in [0.1, 0.15) is 0 Å². The molecule has 55 heavy (non-hydrogen) atoms. The van der Waals surface area contributed by atoms with Gasteiger partial charge in [-0.2, -0.15) is 0 Å². The first kappa shape index (κ1) is 30.0. The summed E-state index contributed by atoms with van der Waals surface area (Å²) in [6.45, 7) is 0. The van der Waals surface area contributed by atoms with Crippen LogP contribution in [-0.4, -0.2) is 19.1 Å². The van der Waals surface area contributed by atoms with Crippen molar-refractivity contribution in [2.75, 3.05) is 0 Å². The molecule has 8 aromatic carbocycles. The minimum Gasteiger partial charge on any atom is -0.456 e. The zero-order valence-corrected chi connectivity index (χ0v) is 29.5. The van der Waals surface area contributed by atoms with Crippen LogP contribution < -0.4 is 0 Å². The second-order valence-corrected chi connectivity index (χ2v) is 14.2. The van der Waals surface area contributed by atoms with E-state index in [4.69, 9.17) is 14.4 Å². The maximum absolute atomic E-state index is 6.34. The summed E-state index contributed by atoms with van der Waals surface area (Å²) in [5, 5.41) is 7.81. The lowest BCUT2D eigenvalue weighted by atomic mass is 10.0. The quantitative estimate of drug-likeness (QED) is 0.183. The molecule has 0 aliphatic carbocycles. The largest absolute Gasteiger partial charge is 0.456 e. The Morgan fingerprint density at radius 3 is 1.78 bits per heavy atom. The molecule has 0 unspecified atom stereocenters. The van der Waals surface area contributed by atoms with Gasteiger partial charge in [-0.15, -0.1) is 0 Å². The van der Waals surface area contributed by atoms with E-state index in [1.54, 1.807) is 0 Å². The lowest BCUT2D eigenvalue weighted by Crippen LogP contribution is -2.03. The summed E-state index contributed by atoms with van der Waals surface area (Å²) in [6, 6.07) is 64.3. The maximum atomic E-state index is 6.34. The average Bonchev–Trinajstić information content (AvgIpc) is 3.91. The van der Waals surface area contributed by atoms with Crippen LogP contribution in [0.3, 0.4) is 0 Å². The van der Waals surface area contributed by atoms with Crippen molar-refractivity contribution in [1.82, 2.24) is 19.1 Å². The minimum absolute atomic E-state index is 0.622. The second kappa shape index (κ2) is 11.5. The number of furan rings is 1. The predicted octanol–water partition coefficient (Wildman–Crippen LogP) is 13.1. The van der Waals surface area contributed by atoms with Crippen molar-refractivity contribution >= 4 is 76.5 Å². The Hall–Kier alpha value is -7.50. The first-order valence-electron chi connectivity index (χ1n) is 18.6. The van der Waals surface area contributed by atoms with Crippen LogP contribution in [0.15, 0.2) is 186 Å². The molecule has 0 saturated heterocycles. The smallest absolute Gasteiger partial charge is 0.235 e. The fourth-order valence-corrected chi connectivity index (χ4v) is 8.68. The van der Waals surface area contributed by atoms with Gasteiger partial charge in [0.2, 0.25) is 5.95 Å². The van der Waals surface area contributed by atoms with Crippen LogP contribution in [-0.2, 0) is 0 Å². The molecular formula is C50H30N4O. The molecule has 12 rings (SSSR count). The van der Waals surface area contributed by atoms with Gasteiger partial charge in [0, 0.05) is 43.6 Å². The van der Waals surface area contributed by atoms with Crippen LogP contribution in [0.25, 0.3) is 110 Å². The van der Waals surface area contributed by atoms with Crippen molar-refractivity contribution in [3.63, 3.8) is 0 Å². The normalized spacial score (nSPS) is 12.0. The summed E-state index contributed by atoms with van der Waals surface area (Å²) in [5.41, 5.74) is 12.4. The summed E-state index contributed by atoms with van der Waals surface area (Å²) in [5.74, 6) is 0.622. The number of benzene rings is 8. The Labute approximate surface area is 315 Å². The third kappa shape index (κ3) is 4.41. The summed E-state index contributed by atoms with van der Waals surface area (Å²) in [4.78, 5) is 10.8. The zero-order chi connectivity index (χ0) is 36.0. The van der Waals surface area contributed by atoms with Crippen LogP contribution in [0.5, 0.6) is 0 Å². The van der Waals surface area contributed by atoms with E-state index in [1.807, 2.05) is 24.3 Å². The van der Waals surface area contributed by atoms with E-state index < -0.39 is 0 Å². The summed E-state index contributed by atoms with van der Waals surface area (Å²) < 4.78 is 10.9. The molecule has 12 aromatic rings. The van der Waals surface area contributed by atoms with E-state index in [1.165, 1.54) is 21.8 Å². The number of aromatic nitrogens is 4. The molecule has 5 heteroatoms. The zero-order valence-electron chi connectivity index (χ0n) is 29.5. The van der Waals surface area contributed by atoms with Gasteiger partial charge < -0.3 is 8.98 Å². The highest BCUT2D eigenvalue weighted by Gasteiger charge is 2.21. The number of rotatable bonds is 4. The molecule has 0 saturated carbocycles. The van der Waals surface area contributed by atoms with E-state index in [0.717, 1.165) is 82.7 Å². The third-order valence-corrected chi connectivity index (χ3v) is 11.1. The molecule has 0 N–H and O–H groups in total. The monoisotopic (exact) mass is 702 g/mol. The Morgan fingerprint density at radius 2 is 0.964 bits per heavy atom. The Kier molecular flexibility index (Phi) is 6.27. The Morgan fingerprint density at radius 1 is 0.364 bits per heavy atom. The summed E-state index contributed by atoms with van der Waals surface area (Å²) in [6.07, 6.45) is 0. The Bertz CT molecular complexity index is 3480. The average molecular weight is 703 g/mol. The molecule has 4 aromatic heterocycles. The van der Waals surface area contributed by atoms with Gasteiger partial charge in [-0.1, -0.05) is 121 Å². The highest BCUT2D eigenvalue weighted by molar-refractivity contribution is 6.19. The van der Waals surface area contributed by atoms with Crippen LogP contribution in [0, 0.1) is 0 Å². The molecule has 5 nitrogen and oxygen atoms in total. The highest BCUT2D eigenvalue weighted by Crippen LogP contribution is 2.40. The summed E-state index contributed by atoms with van der Waals surface area (Å²) >= 11 is 0. The third-order valence-electron chi connectivity index (χ3n) is 11.1. The van der Waals surface area contributed by atoms with E-state index in [-0.39, 0.29) is 0 Å². The topological polar surface area (TPSA) is 48.8 Å². The molecular weight excluding hydrogens is 673 g/mol. The van der Waals surface area contributed by atoms with Crippen LogP contribution in [0.4, 0.5) is 0 Å². The molecule has 0 radical (unpaired) electrons. The SMILES string of the molecule is c1ccc(-c2nc(-n3c4ccccc4c4cc(-c5ccc6c7ccccc7n(-c7ccccc7)c6c5)ccc43)nc3c2ccc2oc4ccccc4c23)cc1. The van der Waals surface area contributed by atoms with Crippen molar-refractivity contribution < 1.29 is 4.42 Å². The first-order valence-corrected chi connectivity index (χ1v) is 18.6.